The smallest absolute Gasteiger partial charge is 0.264 e. The molecule has 6 heteroatoms. The first-order chi connectivity index (χ1) is 14.4. The van der Waals surface area contributed by atoms with Gasteiger partial charge < -0.3 is 9.64 Å². The average Bonchev–Trinajstić information content (AvgIpc) is 2.72. The molecule has 0 fully saturated rings. The Labute approximate surface area is 172 Å². The van der Waals surface area contributed by atoms with Gasteiger partial charge in [-0.05, 0) is 41.8 Å². The van der Waals surface area contributed by atoms with Crippen molar-refractivity contribution in [2.75, 3.05) is 18.6 Å². The number of likely N-dealkylation sites (N-methyl/N-ethyl adjacent to an activating group) is 1. The lowest BCUT2D eigenvalue weighted by molar-refractivity contribution is -0.121. The summed E-state index contributed by atoms with van der Waals surface area (Å²) in [7, 11) is 1.72. The highest BCUT2D eigenvalue weighted by atomic mass is 19.1. The van der Waals surface area contributed by atoms with Gasteiger partial charge >= 0.3 is 0 Å². The number of anilines is 1. The third-order valence-electron chi connectivity index (χ3n) is 5.33. The van der Waals surface area contributed by atoms with Crippen LogP contribution in [0.1, 0.15) is 21.5 Å². The lowest BCUT2D eigenvalue weighted by atomic mass is 9.95. The second-order valence-electron chi connectivity index (χ2n) is 7.22. The summed E-state index contributed by atoms with van der Waals surface area (Å²) in [6.07, 6.45) is -0.0999. The number of Topliss-reactive ketones (excluding diaryl/α,β-unsaturated/α-hetero) is 1. The number of carbonyl (C=O) groups is 2. The van der Waals surface area contributed by atoms with Crippen LogP contribution in [-0.2, 0) is 11.2 Å². The molecule has 1 aliphatic rings. The molecule has 0 radical (unpaired) electrons. The van der Waals surface area contributed by atoms with Crippen LogP contribution in [0.25, 0.3) is 11.1 Å². The summed E-state index contributed by atoms with van der Waals surface area (Å²) in [5.74, 6) is -1.75. The quantitative estimate of drug-likeness (QED) is 0.588. The largest absolute Gasteiger partial charge is 0.481 e. The van der Waals surface area contributed by atoms with Crippen LogP contribution in [0.4, 0.5) is 14.5 Å². The van der Waals surface area contributed by atoms with E-state index < -0.39 is 23.0 Å². The molecule has 152 valence electrons. The fourth-order valence-electron chi connectivity index (χ4n) is 3.64. The molecule has 0 aliphatic carbocycles. The number of carbonyl (C=O) groups excluding carboxylic acids is 2. The predicted octanol–water partition coefficient (Wildman–Crippen LogP) is 4.72. The normalized spacial score (nSPS) is 13.1. The maximum atomic E-state index is 13.8. The summed E-state index contributed by atoms with van der Waals surface area (Å²) < 4.78 is 33.3. The molecular formula is C24H19F2NO3. The Morgan fingerprint density at radius 1 is 1.03 bits per heavy atom. The number of fused-ring (bicyclic) bond motifs is 1. The van der Waals surface area contributed by atoms with Crippen molar-refractivity contribution in [2.45, 2.75) is 13.3 Å². The molecule has 4 rings (SSSR count). The summed E-state index contributed by atoms with van der Waals surface area (Å²) in [6, 6.07) is 14.4. The number of hydrogen-bond acceptors (Lipinski definition) is 3. The molecule has 30 heavy (non-hydrogen) atoms. The lowest BCUT2D eigenvalue weighted by Gasteiger charge is -2.28. The van der Waals surface area contributed by atoms with Gasteiger partial charge in [0.15, 0.2) is 12.4 Å². The maximum Gasteiger partial charge on any atom is 0.264 e. The summed E-state index contributed by atoms with van der Waals surface area (Å²) in [6.45, 7) is 1.93. The van der Waals surface area contributed by atoms with Crippen molar-refractivity contribution in [1.29, 1.82) is 0 Å². The summed E-state index contributed by atoms with van der Waals surface area (Å²) in [4.78, 5) is 25.7. The SMILES string of the molecule is Cc1c(-c2ccc(CC(=O)c3c(F)cccc3F)cc2)ccc2c1OCC(=O)N2C. The Hall–Kier alpha value is -3.54. The van der Waals surface area contributed by atoms with Gasteiger partial charge in [0, 0.05) is 19.0 Å². The topological polar surface area (TPSA) is 46.6 Å². The number of benzene rings is 3. The monoisotopic (exact) mass is 407 g/mol. The van der Waals surface area contributed by atoms with Crippen molar-refractivity contribution in [1.82, 2.24) is 0 Å². The number of ether oxygens (including phenoxy) is 1. The highest BCUT2D eigenvalue weighted by molar-refractivity contribution is 5.99. The minimum absolute atomic E-state index is 0.00144. The van der Waals surface area contributed by atoms with Crippen molar-refractivity contribution in [3.05, 3.63) is 82.9 Å². The molecule has 3 aromatic carbocycles. The fourth-order valence-corrected chi connectivity index (χ4v) is 3.64. The van der Waals surface area contributed by atoms with Crippen molar-refractivity contribution in [3.8, 4) is 16.9 Å². The zero-order valence-electron chi connectivity index (χ0n) is 16.5. The third kappa shape index (κ3) is 3.45. The molecule has 0 unspecified atom stereocenters. The molecule has 1 heterocycles. The second kappa shape index (κ2) is 7.71. The Morgan fingerprint density at radius 3 is 2.37 bits per heavy atom. The molecular weight excluding hydrogens is 388 g/mol. The first kappa shape index (κ1) is 19.8. The number of hydrogen-bond donors (Lipinski definition) is 0. The fraction of sp³-hybridized carbons (Fsp3) is 0.167. The highest BCUT2D eigenvalue weighted by Gasteiger charge is 2.25. The standard InChI is InChI=1S/C24H19F2NO3/c1-14-17(10-11-20-24(14)30-13-22(29)27(20)2)16-8-6-15(7-9-16)12-21(28)23-18(25)4-3-5-19(23)26/h3-11H,12-13H2,1-2H3. The highest BCUT2D eigenvalue weighted by Crippen LogP contribution is 2.39. The van der Waals surface area contributed by atoms with E-state index in [2.05, 4.69) is 0 Å². The predicted molar refractivity (Wildman–Crippen MR) is 110 cm³/mol. The van der Waals surface area contributed by atoms with Crippen molar-refractivity contribution >= 4 is 17.4 Å². The van der Waals surface area contributed by atoms with E-state index in [4.69, 9.17) is 4.74 Å². The summed E-state index contributed by atoms with van der Waals surface area (Å²) >= 11 is 0. The average molecular weight is 407 g/mol. The van der Waals surface area contributed by atoms with Crippen LogP contribution in [0.3, 0.4) is 0 Å². The van der Waals surface area contributed by atoms with Gasteiger partial charge in [-0.2, -0.15) is 0 Å². The maximum absolute atomic E-state index is 13.8. The third-order valence-corrected chi connectivity index (χ3v) is 5.33. The molecule has 0 aromatic heterocycles. The van der Waals surface area contributed by atoms with Crippen LogP contribution >= 0.6 is 0 Å². The molecule has 0 bridgehead atoms. The molecule has 0 saturated carbocycles. The van der Waals surface area contributed by atoms with Gasteiger partial charge in [0.1, 0.15) is 17.4 Å². The van der Waals surface area contributed by atoms with Gasteiger partial charge in [-0.3, -0.25) is 9.59 Å². The molecule has 4 nitrogen and oxygen atoms in total. The van der Waals surface area contributed by atoms with Crippen LogP contribution < -0.4 is 9.64 Å². The zero-order chi connectivity index (χ0) is 21.4. The number of amides is 1. The van der Waals surface area contributed by atoms with Gasteiger partial charge in [-0.1, -0.05) is 36.4 Å². The Morgan fingerprint density at radius 2 is 1.70 bits per heavy atom. The van der Waals surface area contributed by atoms with E-state index in [1.165, 1.54) is 6.07 Å². The van der Waals surface area contributed by atoms with E-state index in [0.717, 1.165) is 34.5 Å². The van der Waals surface area contributed by atoms with E-state index in [1.807, 2.05) is 31.2 Å². The molecule has 1 aliphatic heterocycles. The first-order valence-electron chi connectivity index (χ1n) is 9.46. The minimum atomic E-state index is -0.857. The van der Waals surface area contributed by atoms with Crippen LogP contribution in [0, 0.1) is 18.6 Å². The molecule has 0 saturated heterocycles. The van der Waals surface area contributed by atoms with Gasteiger partial charge in [-0.25, -0.2) is 8.78 Å². The second-order valence-corrected chi connectivity index (χ2v) is 7.22. The van der Waals surface area contributed by atoms with Gasteiger partial charge in [-0.15, -0.1) is 0 Å². The number of ketones is 1. The Kier molecular flexibility index (Phi) is 5.08. The number of halogens is 2. The summed E-state index contributed by atoms with van der Waals surface area (Å²) in [5, 5.41) is 0. The molecule has 0 atom stereocenters. The molecule has 0 spiro atoms. The van der Waals surface area contributed by atoms with Gasteiger partial charge in [0.05, 0.1) is 11.3 Å². The van der Waals surface area contributed by atoms with E-state index >= 15 is 0 Å². The van der Waals surface area contributed by atoms with E-state index in [0.29, 0.717) is 11.3 Å². The summed E-state index contributed by atoms with van der Waals surface area (Å²) in [5.41, 5.74) is 3.62. The minimum Gasteiger partial charge on any atom is -0.481 e. The van der Waals surface area contributed by atoms with Crippen LogP contribution in [0.5, 0.6) is 5.75 Å². The molecule has 3 aromatic rings. The Balaban J connectivity index is 1.59. The van der Waals surface area contributed by atoms with Crippen molar-refractivity contribution in [2.24, 2.45) is 0 Å². The van der Waals surface area contributed by atoms with Crippen molar-refractivity contribution in [3.63, 3.8) is 0 Å². The van der Waals surface area contributed by atoms with Gasteiger partial charge in [0.25, 0.3) is 5.91 Å². The molecule has 0 N–H and O–H groups in total. The van der Waals surface area contributed by atoms with Gasteiger partial charge in [0.2, 0.25) is 0 Å². The first-order valence-corrected chi connectivity index (χ1v) is 9.46. The van der Waals surface area contributed by atoms with Crippen LogP contribution in [-0.4, -0.2) is 25.3 Å². The van der Waals surface area contributed by atoms with E-state index in [-0.39, 0.29) is 18.9 Å². The van der Waals surface area contributed by atoms with Crippen LogP contribution in [0.2, 0.25) is 0 Å². The van der Waals surface area contributed by atoms with E-state index in [9.17, 15) is 18.4 Å². The van der Waals surface area contributed by atoms with Crippen LogP contribution in [0.15, 0.2) is 54.6 Å². The zero-order valence-corrected chi connectivity index (χ0v) is 16.5. The van der Waals surface area contributed by atoms with Crippen molar-refractivity contribution < 1.29 is 23.1 Å². The Bertz CT molecular complexity index is 1140. The lowest BCUT2D eigenvalue weighted by Crippen LogP contribution is -2.35. The number of nitrogens with zero attached hydrogens (tertiary/aromatic N) is 1. The molecule has 1 amide bonds. The number of rotatable bonds is 4. The van der Waals surface area contributed by atoms with E-state index in [1.54, 1.807) is 24.1 Å².